The summed E-state index contributed by atoms with van der Waals surface area (Å²) < 4.78 is 1.54. The maximum absolute atomic E-state index is 11.6. The lowest BCUT2D eigenvalue weighted by molar-refractivity contribution is 0.603. The first-order valence-corrected chi connectivity index (χ1v) is 6.57. The standard InChI is InChI=1S/C11H14N6OS/c1-2-6-17-10(18)15-16-11(17)19-9-7(8(12)13)4-3-5-14-9/h3-5H,2,6H2,1H3,(H3,12,13)(H,15,18). The Labute approximate surface area is 113 Å². The molecule has 0 saturated heterocycles. The molecule has 100 valence electrons. The molecule has 4 N–H and O–H groups in total. The molecule has 0 fully saturated rings. The van der Waals surface area contributed by atoms with Crippen molar-refractivity contribution in [3.63, 3.8) is 0 Å². The molecule has 7 nitrogen and oxygen atoms in total. The van der Waals surface area contributed by atoms with Gasteiger partial charge >= 0.3 is 5.69 Å². The normalized spacial score (nSPS) is 10.6. The minimum atomic E-state index is -0.246. The molecule has 0 aromatic carbocycles. The highest BCUT2D eigenvalue weighted by atomic mass is 32.2. The third-order valence-electron chi connectivity index (χ3n) is 2.42. The lowest BCUT2D eigenvalue weighted by Crippen LogP contribution is -2.17. The number of aromatic amines is 1. The average molecular weight is 278 g/mol. The summed E-state index contributed by atoms with van der Waals surface area (Å²) in [5, 5.41) is 15.0. The number of amidine groups is 1. The first-order valence-electron chi connectivity index (χ1n) is 5.76. The van der Waals surface area contributed by atoms with E-state index in [1.807, 2.05) is 6.92 Å². The van der Waals surface area contributed by atoms with E-state index in [4.69, 9.17) is 11.1 Å². The number of rotatable bonds is 5. The Hall–Kier alpha value is -2.09. The van der Waals surface area contributed by atoms with Gasteiger partial charge < -0.3 is 5.73 Å². The Morgan fingerprint density at radius 3 is 3.11 bits per heavy atom. The van der Waals surface area contributed by atoms with Crippen LogP contribution in [0.15, 0.2) is 33.3 Å². The molecule has 0 bridgehead atoms. The van der Waals surface area contributed by atoms with Crippen molar-refractivity contribution in [1.82, 2.24) is 19.7 Å². The van der Waals surface area contributed by atoms with Gasteiger partial charge in [0.2, 0.25) is 0 Å². The van der Waals surface area contributed by atoms with E-state index in [-0.39, 0.29) is 11.5 Å². The predicted molar refractivity (Wildman–Crippen MR) is 72.5 cm³/mol. The van der Waals surface area contributed by atoms with Crippen LogP contribution >= 0.6 is 11.8 Å². The highest BCUT2D eigenvalue weighted by molar-refractivity contribution is 7.99. The number of nitrogen functional groups attached to an aromatic ring is 1. The van der Waals surface area contributed by atoms with Crippen LogP contribution in [0, 0.1) is 5.41 Å². The Morgan fingerprint density at radius 2 is 2.42 bits per heavy atom. The third-order valence-corrected chi connectivity index (χ3v) is 3.43. The minimum absolute atomic E-state index is 0.0597. The van der Waals surface area contributed by atoms with Crippen LogP contribution in [0.5, 0.6) is 0 Å². The summed E-state index contributed by atoms with van der Waals surface area (Å²) in [6.07, 6.45) is 2.44. The lowest BCUT2D eigenvalue weighted by Gasteiger charge is -2.06. The van der Waals surface area contributed by atoms with E-state index in [2.05, 4.69) is 15.2 Å². The second kappa shape index (κ2) is 5.70. The van der Waals surface area contributed by atoms with Gasteiger partial charge in [0.25, 0.3) is 0 Å². The van der Waals surface area contributed by atoms with Crippen molar-refractivity contribution in [2.75, 3.05) is 0 Å². The van der Waals surface area contributed by atoms with Crippen molar-refractivity contribution in [2.24, 2.45) is 5.73 Å². The number of nitrogens with two attached hydrogens (primary N) is 1. The van der Waals surface area contributed by atoms with Gasteiger partial charge in [0.15, 0.2) is 5.16 Å². The zero-order valence-electron chi connectivity index (χ0n) is 10.4. The summed E-state index contributed by atoms with van der Waals surface area (Å²) >= 11 is 1.22. The SMILES string of the molecule is CCCn1c(Sc2ncccc2C(=N)N)n[nH]c1=O. The van der Waals surface area contributed by atoms with Crippen LogP contribution in [-0.4, -0.2) is 25.6 Å². The van der Waals surface area contributed by atoms with Crippen LogP contribution in [-0.2, 0) is 6.54 Å². The van der Waals surface area contributed by atoms with E-state index in [0.29, 0.717) is 22.3 Å². The van der Waals surface area contributed by atoms with Crippen LogP contribution < -0.4 is 11.4 Å². The molecule has 0 saturated carbocycles. The van der Waals surface area contributed by atoms with Crippen molar-refractivity contribution in [2.45, 2.75) is 30.1 Å². The molecule has 2 rings (SSSR count). The van der Waals surface area contributed by atoms with Gasteiger partial charge in [-0.1, -0.05) is 6.92 Å². The first-order chi connectivity index (χ1) is 9.13. The molecule has 0 aliphatic rings. The van der Waals surface area contributed by atoms with Crippen molar-refractivity contribution in [1.29, 1.82) is 5.41 Å². The number of hydrogen-bond acceptors (Lipinski definition) is 5. The van der Waals surface area contributed by atoms with Gasteiger partial charge in [0.1, 0.15) is 10.9 Å². The molecule has 0 amide bonds. The first kappa shape index (κ1) is 13.3. The lowest BCUT2D eigenvalue weighted by atomic mass is 10.3. The van der Waals surface area contributed by atoms with Crippen molar-refractivity contribution in [3.8, 4) is 0 Å². The van der Waals surface area contributed by atoms with E-state index < -0.39 is 0 Å². The largest absolute Gasteiger partial charge is 0.384 e. The molecular formula is C11H14N6OS. The molecule has 0 unspecified atom stereocenters. The Balaban J connectivity index is 2.37. The second-order valence-corrected chi connectivity index (χ2v) is 4.79. The molecule has 19 heavy (non-hydrogen) atoms. The maximum atomic E-state index is 11.6. The minimum Gasteiger partial charge on any atom is -0.384 e. The molecule has 0 aliphatic heterocycles. The molecule has 2 aromatic rings. The van der Waals surface area contributed by atoms with Gasteiger partial charge in [-0.2, -0.15) is 0 Å². The molecule has 0 aliphatic carbocycles. The van der Waals surface area contributed by atoms with Gasteiger partial charge in [-0.15, -0.1) is 5.10 Å². The van der Waals surface area contributed by atoms with Crippen molar-refractivity contribution >= 4 is 17.6 Å². The number of nitrogens with zero attached hydrogens (tertiary/aromatic N) is 3. The summed E-state index contributed by atoms with van der Waals surface area (Å²) in [5.41, 5.74) is 5.79. The topological polar surface area (TPSA) is 113 Å². The molecule has 2 heterocycles. The zero-order chi connectivity index (χ0) is 13.8. The second-order valence-electron chi connectivity index (χ2n) is 3.83. The smallest absolute Gasteiger partial charge is 0.343 e. The van der Waals surface area contributed by atoms with Gasteiger partial charge in [0.05, 0.1) is 0 Å². The van der Waals surface area contributed by atoms with Crippen LogP contribution in [0.2, 0.25) is 0 Å². The fourth-order valence-electron chi connectivity index (χ4n) is 1.57. The number of aromatic nitrogens is 4. The van der Waals surface area contributed by atoms with E-state index in [1.54, 1.807) is 22.9 Å². The van der Waals surface area contributed by atoms with Gasteiger partial charge in [-0.05, 0) is 30.3 Å². The van der Waals surface area contributed by atoms with Crippen molar-refractivity contribution in [3.05, 3.63) is 34.4 Å². The van der Waals surface area contributed by atoms with E-state index >= 15 is 0 Å². The predicted octanol–water partition coefficient (Wildman–Crippen LogP) is 0.812. The van der Waals surface area contributed by atoms with E-state index in [1.165, 1.54) is 11.8 Å². The van der Waals surface area contributed by atoms with Crippen LogP contribution in [0.3, 0.4) is 0 Å². The maximum Gasteiger partial charge on any atom is 0.343 e. The van der Waals surface area contributed by atoms with E-state index in [0.717, 1.165) is 6.42 Å². The van der Waals surface area contributed by atoms with Crippen LogP contribution in [0.4, 0.5) is 0 Å². The number of hydrogen-bond donors (Lipinski definition) is 3. The number of pyridine rings is 1. The summed E-state index contributed by atoms with van der Waals surface area (Å²) in [5.74, 6) is -0.0597. The Morgan fingerprint density at radius 1 is 1.63 bits per heavy atom. The zero-order valence-corrected chi connectivity index (χ0v) is 11.2. The third kappa shape index (κ3) is 2.84. The van der Waals surface area contributed by atoms with Gasteiger partial charge in [-0.25, -0.2) is 14.9 Å². The molecule has 0 radical (unpaired) electrons. The molecular weight excluding hydrogens is 264 g/mol. The molecule has 0 atom stereocenters. The molecule has 0 spiro atoms. The fraction of sp³-hybridized carbons (Fsp3) is 0.273. The molecule has 2 aromatic heterocycles. The van der Waals surface area contributed by atoms with Crippen molar-refractivity contribution < 1.29 is 0 Å². The van der Waals surface area contributed by atoms with Crippen LogP contribution in [0.1, 0.15) is 18.9 Å². The monoisotopic (exact) mass is 278 g/mol. The molecule has 8 heteroatoms. The van der Waals surface area contributed by atoms with Crippen LogP contribution in [0.25, 0.3) is 0 Å². The van der Waals surface area contributed by atoms with Gasteiger partial charge in [0, 0.05) is 18.3 Å². The quantitative estimate of drug-likeness (QED) is 0.553. The Kier molecular flexibility index (Phi) is 4.00. The summed E-state index contributed by atoms with van der Waals surface area (Å²) in [6, 6.07) is 3.43. The summed E-state index contributed by atoms with van der Waals surface area (Å²) in [4.78, 5) is 15.8. The highest BCUT2D eigenvalue weighted by Crippen LogP contribution is 2.25. The summed E-state index contributed by atoms with van der Waals surface area (Å²) in [6.45, 7) is 2.57. The summed E-state index contributed by atoms with van der Waals surface area (Å²) in [7, 11) is 0. The Bertz CT molecular complexity index is 647. The average Bonchev–Trinajstić information content (AvgIpc) is 2.72. The highest BCUT2D eigenvalue weighted by Gasteiger charge is 2.13. The van der Waals surface area contributed by atoms with E-state index in [9.17, 15) is 4.79 Å². The number of nitrogens with one attached hydrogen (secondary N) is 2. The fourth-order valence-corrected chi connectivity index (χ4v) is 2.52. The van der Waals surface area contributed by atoms with Gasteiger partial charge in [-0.3, -0.25) is 9.98 Å². The number of H-pyrrole nitrogens is 1.